The Morgan fingerprint density at radius 3 is 2.77 bits per heavy atom. The van der Waals surface area contributed by atoms with Gasteiger partial charge in [-0.1, -0.05) is 18.2 Å². The van der Waals surface area contributed by atoms with Crippen LogP contribution in [-0.4, -0.2) is 4.57 Å². The number of aromatic nitrogens is 1. The molecular formula is C11H14N2. The molecule has 0 fully saturated rings. The predicted molar refractivity (Wildman–Crippen MR) is 55.5 cm³/mol. The van der Waals surface area contributed by atoms with E-state index in [1.807, 2.05) is 0 Å². The van der Waals surface area contributed by atoms with Crippen molar-refractivity contribution in [2.24, 2.45) is 5.73 Å². The maximum atomic E-state index is 5.67. The Morgan fingerprint density at radius 2 is 2.08 bits per heavy atom. The SMILES string of the molecule is CCn1c(CN)cc2ccccc21. The lowest BCUT2D eigenvalue weighted by Crippen LogP contribution is -2.05. The van der Waals surface area contributed by atoms with Crippen LogP contribution in [0, 0.1) is 0 Å². The van der Waals surface area contributed by atoms with Gasteiger partial charge in [-0.05, 0) is 24.4 Å². The number of fused-ring (bicyclic) bond motifs is 1. The fraction of sp³-hybridized carbons (Fsp3) is 0.273. The Kier molecular flexibility index (Phi) is 2.07. The summed E-state index contributed by atoms with van der Waals surface area (Å²) in [6.45, 7) is 3.74. The van der Waals surface area contributed by atoms with Gasteiger partial charge in [-0.3, -0.25) is 0 Å². The quantitative estimate of drug-likeness (QED) is 0.742. The van der Waals surface area contributed by atoms with Gasteiger partial charge in [0, 0.05) is 24.3 Å². The molecule has 1 aromatic carbocycles. The van der Waals surface area contributed by atoms with E-state index in [2.05, 4.69) is 41.8 Å². The lowest BCUT2D eigenvalue weighted by atomic mass is 10.2. The molecule has 0 unspecified atom stereocenters. The minimum Gasteiger partial charge on any atom is -0.344 e. The van der Waals surface area contributed by atoms with E-state index < -0.39 is 0 Å². The summed E-state index contributed by atoms with van der Waals surface area (Å²) in [6, 6.07) is 10.6. The molecule has 0 aliphatic carbocycles. The van der Waals surface area contributed by atoms with Crippen molar-refractivity contribution in [3.63, 3.8) is 0 Å². The van der Waals surface area contributed by atoms with E-state index >= 15 is 0 Å². The highest BCUT2D eigenvalue weighted by Crippen LogP contribution is 2.18. The highest BCUT2D eigenvalue weighted by Gasteiger charge is 2.03. The second-order valence-electron chi connectivity index (χ2n) is 3.14. The normalized spacial score (nSPS) is 10.9. The molecule has 0 saturated carbocycles. The Bertz CT molecular complexity index is 415. The largest absolute Gasteiger partial charge is 0.344 e. The monoisotopic (exact) mass is 174 g/mol. The van der Waals surface area contributed by atoms with Gasteiger partial charge in [0.2, 0.25) is 0 Å². The van der Waals surface area contributed by atoms with Crippen molar-refractivity contribution in [2.75, 3.05) is 0 Å². The van der Waals surface area contributed by atoms with Crippen LogP contribution in [0.25, 0.3) is 10.9 Å². The van der Waals surface area contributed by atoms with Crippen molar-refractivity contribution in [1.29, 1.82) is 0 Å². The summed E-state index contributed by atoms with van der Waals surface area (Å²) in [6.07, 6.45) is 0. The average Bonchev–Trinajstić information content (AvgIpc) is 2.55. The van der Waals surface area contributed by atoms with Crippen LogP contribution in [0.1, 0.15) is 12.6 Å². The van der Waals surface area contributed by atoms with E-state index in [9.17, 15) is 0 Å². The molecular weight excluding hydrogens is 160 g/mol. The van der Waals surface area contributed by atoms with Crippen LogP contribution in [0.2, 0.25) is 0 Å². The standard InChI is InChI=1S/C11H14N2/c1-2-13-10(8-12)7-9-5-3-4-6-11(9)13/h3-7H,2,8,12H2,1H3. The molecule has 0 saturated heterocycles. The summed E-state index contributed by atoms with van der Waals surface area (Å²) in [7, 11) is 0. The zero-order valence-electron chi connectivity index (χ0n) is 7.83. The minimum atomic E-state index is 0.614. The highest BCUT2D eigenvalue weighted by molar-refractivity contribution is 5.81. The van der Waals surface area contributed by atoms with Gasteiger partial charge in [-0.25, -0.2) is 0 Å². The van der Waals surface area contributed by atoms with Crippen LogP contribution in [0.3, 0.4) is 0 Å². The maximum absolute atomic E-state index is 5.67. The third-order valence-electron chi connectivity index (χ3n) is 2.42. The first-order valence-electron chi connectivity index (χ1n) is 4.64. The first-order chi connectivity index (χ1) is 6.36. The van der Waals surface area contributed by atoms with Gasteiger partial charge >= 0.3 is 0 Å². The van der Waals surface area contributed by atoms with Crippen LogP contribution in [0.4, 0.5) is 0 Å². The lowest BCUT2D eigenvalue weighted by Gasteiger charge is -2.04. The summed E-state index contributed by atoms with van der Waals surface area (Å²) in [5.74, 6) is 0. The first-order valence-corrected chi connectivity index (χ1v) is 4.64. The molecule has 0 bridgehead atoms. The third-order valence-corrected chi connectivity index (χ3v) is 2.42. The van der Waals surface area contributed by atoms with Crippen molar-refractivity contribution >= 4 is 10.9 Å². The van der Waals surface area contributed by atoms with E-state index in [-0.39, 0.29) is 0 Å². The van der Waals surface area contributed by atoms with Gasteiger partial charge in [0.15, 0.2) is 0 Å². The van der Waals surface area contributed by atoms with Crippen molar-refractivity contribution in [3.05, 3.63) is 36.0 Å². The average molecular weight is 174 g/mol. The number of hydrogen-bond acceptors (Lipinski definition) is 1. The Morgan fingerprint density at radius 1 is 1.31 bits per heavy atom. The van der Waals surface area contributed by atoms with Gasteiger partial charge in [-0.2, -0.15) is 0 Å². The molecule has 2 N–H and O–H groups in total. The van der Waals surface area contributed by atoms with Crippen LogP contribution >= 0.6 is 0 Å². The molecule has 2 nitrogen and oxygen atoms in total. The summed E-state index contributed by atoms with van der Waals surface area (Å²) in [5, 5.41) is 1.28. The fourth-order valence-corrected chi connectivity index (χ4v) is 1.81. The molecule has 0 aliphatic heterocycles. The number of benzene rings is 1. The number of para-hydroxylation sites is 1. The fourth-order valence-electron chi connectivity index (χ4n) is 1.81. The number of aryl methyl sites for hydroxylation is 1. The van der Waals surface area contributed by atoms with Gasteiger partial charge in [0.05, 0.1) is 0 Å². The summed E-state index contributed by atoms with van der Waals surface area (Å²) < 4.78 is 2.26. The topological polar surface area (TPSA) is 30.9 Å². The zero-order valence-corrected chi connectivity index (χ0v) is 7.83. The molecule has 0 amide bonds. The van der Waals surface area contributed by atoms with E-state index in [1.165, 1.54) is 16.6 Å². The number of hydrogen-bond donors (Lipinski definition) is 1. The molecule has 13 heavy (non-hydrogen) atoms. The highest BCUT2D eigenvalue weighted by atomic mass is 15.0. The number of nitrogens with zero attached hydrogens (tertiary/aromatic N) is 1. The number of nitrogens with two attached hydrogens (primary N) is 1. The molecule has 0 radical (unpaired) electrons. The van der Waals surface area contributed by atoms with Crippen LogP contribution in [0.15, 0.2) is 30.3 Å². The van der Waals surface area contributed by atoms with Crippen molar-refractivity contribution < 1.29 is 0 Å². The smallest absolute Gasteiger partial charge is 0.0482 e. The molecule has 1 aromatic heterocycles. The first kappa shape index (κ1) is 8.32. The van der Waals surface area contributed by atoms with Crippen molar-refractivity contribution in [2.45, 2.75) is 20.0 Å². The number of rotatable bonds is 2. The minimum absolute atomic E-state index is 0.614. The van der Waals surface area contributed by atoms with E-state index in [1.54, 1.807) is 0 Å². The van der Waals surface area contributed by atoms with Gasteiger partial charge in [0.1, 0.15) is 0 Å². The van der Waals surface area contributed by atoms with Gasteiger partial charge in [0.25, 0.3) is 0 Å². The van der Waals surface area contributed by atoms with E-state index in [4.69, 9.17) is 5.73 Å². The van der Waals surface area contributed by atoms with Crippen molar-refractivity contribution in [3.8, 4) is 0 Å². The third kappa shape index (κ3) is 1.23. The molecule has 68 valence electrons. The van der Waals surface area contributed by atoms with Gasteiger partial charge < -0.3 is 10.3 Å². The second kappa shape index (κ2) is 3.23. The second-order valence-corrected chi connectivity index (χ2v) is 3.14. The lowest BCUT2D eigenvalue weighted by molar-refractivity contribution is 0.739. The Balaban J connectivity index is 2.73. The summed E-state index contributed by atoms with van der Waals surface area (Å²) in [4.78, 5) is 0. The van der Waals surface area contributed by atoms with Crippen LogP contribution in [-0.2, 0) is 13.1 Å². The molecule has 2 heteroatoms. The summed E-state index contributed by atoms with van der Waals surface area (Å²) in [5.41, 5.74) is 8.16. The van der Waals surface area contributed by atoms with E-state index in [0.29, 0.717) is 6.54 Å². The molecule has 2 aromatic rings. The van der Waals surface area contributed by atoms with Gasteiger partial charge in [-0.15, -0.1) is 0 Å². The molecule has 0 spiro atoms. The summed E-state index contributed by atoms with van der Waals surface area (Å²) >= 11 is 0. The van der Waals surface area contributed by atoms with Crippen LogP contribution < -0.4 is 5.73 Å². The van der Waals surface area contributed by atoms with Crippen LogP contribution in [0.5, 0.6) is 0 Å². The molecule has 2 rings (SSSR count). The Labute approximate surface area is 78.0 Å². The maximum Gasteiger partial charge on any atom is 0.0482 e. The Hall–Kier alpha value is -1.28. The van der Waals surface area contributed by atoms with Crippen molar-refractivity contribution in [1.82, 2.24) is 4.57 Å². The van der Waals surface area contributed by atoms with E-state index in [0.717, 1.165) is 6.54 Å². The predicted octanol–water partition coefficient (Wildman–Crippen LogP) is 2.12. The molecule has 0 aliphatic rings. The zero-order chi connectivity index (χ0) is 9.26. The molecule has 1 heterocycles. The molecule has 0 atom stereocenters.